The smallest absolute Gasteiger partial charge is 0.261 e. The van der Waals surface area contributed by atoms with Crippen LogP contribution in [0.1, 0.15) is 26.5 Å². The van der Waals surface area contributed by atoms with Gasteiger partial charge in [0.15, 0.2) is 11.5 Å². The number of rotatable bonds is 5. The van der Waals surface area contributed by atoms with Crippen LogP contribution in [0.15, 0.2) is 48.5 Å². The molecule has 1 aliphatic rings. The summed E-state index contributed by atoms with van der Waals surface area (Å²) in [6, 6.07) is 13.9. The maximum absolute atomic E-state index is 13.2. The molecular weight excluding hydrogens is 405 g/mol. The molecule has 0 radical (unpaired) electrons. The van der Waals surface area contributed by atoms with Gasteiger partial charge in [-0.2, -0.15) is 5.10 Å². The fourth-order valence-electron chi connectivity index (χ4n) is 3.41. The molecule has 0 bridgehead atoms. The Morgan fingerprint density at radius 3 is 2.73 bits per heavy atom. The Kier molecular flexibility index (Phi) is 4.63. The zero-order valence-corrected chi connectivity index (χ0v) is 17.0. The number of aromatic nitrogens is 2. The molecule has 4 aromatic rings. The number of carbonyl (C=O) groups is 1. The summed E-state index contributed by atoms with van der Waals surface area (Å²) in [5, 5.41) is 8.48. The maximum Gasteiger partial charge on any atom is 0.261 e. The van der Waals surface area contributed by atoms with Gasteiger partial charge in [0, 0.05) is 11.9 Å². The third kappa shape index (κ3) is 3.50. The van der Waals surface area contributed by atoms with Gasteiger partial charge in [-0.15, -0.1) is 11.3 Å². The topological polar surface area (TPSA) is 65.4 Å². The highest BCUT2D eigenvalue weighted by molar-refractivity contribution is 7.20. The van der Waals surface area contributed by atoms with Gasteiger partial charge in [0.25, 0.3) is 5.91 Å². The van der Waals surface area contributed by atoms with E-state index in [0.29, 0.717) is 23.7 Å². The van der Waals surface area contributed by atoms with Crippen molar-refractivity contribution in [3.05, 3.63) is 76.0 Å². The van der Waals surface area contributed by atoms with Crippen molar-refractivity contribution in [1.82, 2.24) is 15.1 Å². The number of hydrogen-bond acceptors (Lipinski definition) is 5. The molecular formula is C22H18FN3O3S. The second-order valence-electron chi connectivity index (χ2n) is 7.07. The summed E-state index contributed by atoms with van der Waals surface area (Å²) in [5.41, 5.74) is 2.74. The van der Waals surface area contributed by atoms with Gasteiger partial charge >= 0.3 is 0 Å². The number of nitrogens with zero attached hydrogens (tertiary/aromatic N) is 2. The molecule has 3 heterocycles. The molecule has 6 nitrogen and oxygen atoms in total. The summed E-state index contributed by atoms with van der Waals surface area (Å²) in [4.78, 5) is 14.3. The molecule has 30 heavy (non-hydrogen) atoms. The minimum atomic E-state index is -0.266. The molecule has 0 atom stereocenters. The number of halogens is 1. The van der Waals surface area contributed by atoms with E-state index >= 15 is 0 Å². The molecule has 8 heteroatoms. The quantitative estimate of drug-likeness (QED) is 0.521. The highest BCUT2D eigenvalue weighted by atomic mass is 32.1. The summed E-state index contributed by atoms with van der Waals surface area (Å²) < 4.78 is 25.7. The zero-order chi connectivity index (χ0) is 20.7. The van der Waals surface area contributed by atoms with Crippen LogP contribution >= 0.6 is 11.3 Å². The summed E-state index contributed by atoms with van der Waals surface area (Å²) >= 11 is 1.40. The minimum absolute atomic E-state index is 0.137. The summed E-state index contributed by atoms with van der Waals surface area (Å²) in [7, 11) is 0. The largest absolute Gasteiger partial charge is 0.454 e. The lowest BCUT2D eigenvalue weighted by atomic mass is 10.2. The van der Waals surface area contributed by atoms with Gasteiger partial charge in [-0.25, -0.2) is 4.39 Å². The van der Waals surface area contributed by atoms with Gasteiger partial charge in [0.2, 0.25) is 6.79 Å². The van der Waals surface area contributed by atoms with E-state index in [-0.39, 0.29) is 18.5 Å². The van der Waals surface area contributed by atoms with Crippen LogP contribution in [0.5, 0.6) is 11.5 Å². The molecule has 1 aliphatic heterocycles. The Morgan fingerprint density at radius 2 is 1.90 bits per heavy atom. The van der Waals surface area contributed by atoms with Gasteiger partial charge in [-0.3, -0.25) is 9.48 Å². The molecule has 5 rings (SSSR count). The average Bonchev–Trinajstić information content (AvgIpc) is 3.45. The first-order chi connectivity index (χ1) is 14.6. The maximum atomic E-state index is 13.2. The van der Waals surface area contributed by atoms with Gasteiger partial charge < -0.3 is 14.8 Å². The van der Waals surface area contributed by atoms with Gasteiger partial charge in [0.05, 0.1) is 17.1 Å². The van der Waals surface area contributed by atoms with Crippen molar-refractivity contribution in [3.8, 4) is 11.5 Å². The number of hydrogen-bond donors (Lipinski definition) is 1. The third-order valence-corrected chi connectivity index (χ3v) is 6.11. The van der Waals surface area contributed by atoms with Crippen LogP contribution < -0.4 is 14.8 Å². The van der Waals surface area contributed by atoms with Crippen molar-refractivity contribution >= 4 is 27.5 Å². The molecule has 2 aromatic carbocycles. The van der Waals surface area contributed by atoms with Crippen molar-refractivity contribution < 1.29 is 18.7 Å². The van der Waals surface area contributed by atoms with E-state index in [2.05, 4.69) is 10.4 Å². The number of nitrogens with one attached hydrogen (secondary N) is 1. The average molecular weight is 423 g/mol. The normalized spacial score (nSPS) is 12.5. The van der Waals surface area contributed by atoms with Crippen LogP contribution in [-0.4, -0.2) is 22.5 Å². The summed E-state index contributed by atoms with van der Waals surface area (Å²) in [6.07, 6.45) is 0. The van der Waals surface area contributed by atoms with Crippen molar-refractivity contribution in [3.63, 3.8) is 0 Å². The fraction of sp³-hybridized carbons (Fsp3) is 0.182. The molecule has 2 aromatic heterocycles. The highest BCUT2D eigenvalue weighted by Crippen LogP contribution is 2.33. The Morgan fingerprint density at radius 1 is 1.13 bits per heavy atom. The summed E-state index contributed by atoms with van der Waals surface area (Å²) in [6.45, 7) is 3.06. The van der Waals surface area contributed by atoms with Crippen LogP contribution in [0.25, 0.3) is 10.2 Å². The predicted molar refractivity (Wildman–Crippen MR) is 112 cm³/mol. The van der Waals surface area contributed by atoms with E-state index < -0.39 is 0 Å². The van der Waals surface area contributed by atoms with E-state index in [1.807, 2.05) is 35.9 Å². The van der Waals surface area contributed by atoms with Crippen LogP contribution in [0.2, 0.25) is 0 Å². The van der Waals surface area contributed by atoms with E-state index in [1.54, 1.807) is 12.1 Å². The number of fused-ring (bicyclic) bond motifs is 2. The van der Waals surface area contributed by atoms with E-state index in [0.717, 1.165) is 32.8 Å². The Hall–Kier alpha value is -3.39. The van der Waals surface area contributed by atoms with E-state index in [4.69, 9.17) is 9.47 Å². The van der Waals surface area contributed by atoms with Crippen molar-refractivity contribution in [2.24, 2.45) is 0 Å². The molecule has 0 aliphatic carbocycles. The third-order valence-electron chi connectivity index (χ3n) is 4.97. The van der Waals surface area contributed by atoms with E-state index in [1.165, 1.54) is 23.5 Å². The molecule has 0 unspecified atom stereocenters. The van der Waals surface area contributed by atoms with Gasteiger partial charge in [-0.05, 0) is 48.4 Å². The van der Waals surface area contributed by atoms with Gasteiger partial charge in [-0.1, -0.05) is 18.2 Å². The Labute approximate surface area is 175 Å². The second kappa shape index (κ2) is 7.46. The van der Waals surface area contributed by atoms with Crippen LogP contribution in [0, 0.1) is 12.7 Å². The van der Waals surface area contributed by atoms with Crippen LogP contribution in [0.3, 0.4) is 0 Å². The minimum Gasteiger partial charge on any atom is -0.454 e. The lowest BCUT2D eigenvalue weighted by molar-refractivity contribution is 0.0955. The molecule has 0 spiro atoms. The molecule has 152 valence electrons. The van der Waals surface area contributed by atoms with Crippen molar-refractivity contribution in [1.29, 1.82) is 0 Å². The monoisotopic (exact) mass is 423 g/mol. The predicted octanol–water partition coefficient (Wildman–Crippen LogP) is 4.25. The first kappa shape index (κ1) is 18.6. The molecule has 1 amide bonds. The number of thiophene rings is 1. The second-order valence-corrected chi connectivity index (χ2v) is 8.10. The first-order valence-corrected chi connectivity index (χ1v) is 10.3. The lowest BCUT2D eigenvalue weighted by Gasteiger charge is -2.05. The highest BCUT2D eigenvalue weighted by Gasteiger charge is 2.17. The fourth-order valence-corrected chi connectivity index (χ4v) is 4.49. The standard InChI is InChI=1S/C22H18FN3O3S/c1-13-17-9-20(21(27)24-10-15-4-7-18-19(8-15)29-12-28-18)30-22(17)26(25-13)11-14-2-5-16(23)6-3-14/h2-9H,10-12H2,1H3,(H,24,27). The Balaban J connectivity index is 1.33. The number of amides is 1. The van der Waals surface area contributed by atoms with Gasteiger partial charge in [0.1, 0.15) is 10.6 Å². The lowest BCUT2D eigenvalue weighted by Crippen LogP contribution is -2.21. The zero-order valence-electron chi connectivity index (χ0n) is 16.1. The van der Waals surface area contributed by atoms with Crippen LogP contribution in [-0.2, 0) is 13.1 Å². The number of benzene rings is 2. The number of carbonyl (C=O) groups excluding carboxylic acids is 1. The van der Waals surface area contributed by atoms with Crippen molar-refractivity contribution in [2.45, 2.75) is 20.0 Å². The number of ether oxygens (including phenoxy) is 2. The molecule has 0 saturated heterocycles. The molecule has 0 fully saturated rings. The Bertz CT molecular complexity index is 1250. The summed E-state index contributed by atoms with van der Waals surface area (Å²) in [5.74, 6) is 1.01. The molecule has 1 N–H and O–H groups in total. The van der Waals surface area contributed by atoms with Crippen molar-refractivity contribution in [2.75, 3.05) is 6.79 Å². The number of aryl methyl sites for hydroxylation is 1. The molecule has 0 saturated carbocycles. The van der Waals surface area contributed by atoms with E-state index in [9.17, 15) is 9.18 Å². The van der Waals surface area contributed by atoms with Crippen LogP contribution in [0.4, 0.5) is 4.39 Å². The first-order valence-electron chi connectivity index (χ1n) is 9.45. The SMILES string of the molecule is Cc1nn(Cc2ccc(F)cc2)c2sc(C(=O)NCc3ccc4c(c3)OCO4)cc12.